The Morgan fingerprint density at radius 1 is 1.43 bits per heavy atom. The van der Waals surface area contributed by atoms with Gasteiger partial charge in [-0.05, 0) is 45.6 Å². The molecule has 1 aliphatic rings. The molecule has 2 heteroatoms. The lowest BCUT2D eigenvalue weighted by molar-refractivity contribution is -0.149. The van der Waals surface area contributed by atoms with Crippen LogP contribution < -0.4 is 0 Å². The first kappa shape index (κ1) is 11.0. The summed E-state index contributed by atoms with van der Waals surface area (Å²) >= 11 is 0. The first-order chi connectivity index (χ1) is 6.59. The lowest BCUT2D eigenvalue weighted by Gasteiger charge is -2.25. The second-order valence-electron chi connectivity index (χ2n) is 3.94. The van der Waals surface area contributed by atoms with Crippen LogP contribution in [-0.4, -0.2) is 11.6 Å². The van der Waals surface area contributed by atoms with Crippen molar-refractivity contribution < 1.29 is 9.53 Å². The van der Waals surface area contributed by atoms with Gasteiger partial charge >= 0.3 is 5.97 Å². The molecule has 14 heavy (non-hydrogen) atoms. The van der Waals surface area contributed by atoms with Gasteiger partial charge < -0.3 is 4.74 Å². The molecule has 0 amide bonds. The molecule has 2 nitrogen and oxygen atoms in total. The first-order valence-corrected chi connectivity index (χ1v) is 5.12. The summed E-state index contributed by atoms with van der Waals surface area (Å²) in [4.78, 5) is 11.4. The molecule has 0 aliphatic heterocycles. The van der Waals surface area contributed by atoms with Gasteiger partial charge in [-0.1, -0.05) is 12.7 Å². The molecule has 0 aromatic heterocycles. The molecule has 0 bridgehead atoms. The third-order valence-electron chi connectivity index (χ3n) is 2.56. The lowest BCUT2D eigenvalue weighted by atomic mass is 10.0. The number of hydrogen-bond donors (Lipinski definition) is 0. The molecule has 1 saturated carbocycles. The van der Waals surface area contributed by atoms with Crippen LogP contribution in [0.5, 0.6) is 0 Å². The number of allylic oxidation sites excluding steroid dienone is 1. The predicted octanol–water partition coefficient (Wildman–Crippen LogP) is 2.99. The lowest BCUT2D eigenvalue weighted by Crippen LogP contribution is -2.29. The number of ether oxygens (including phenoxy) is 1. The molecule has 0 N–H and O–H groups in total. The summed E-state index contributed by atoms with van der Waals surface area (Å²) < 4.78 is 5.48. The average molecular weight is 194 g/mol. The zero-order valence-electron chi connectivity index (χ0n) is 9.01. The number of hydrogen-bond acceptors (Lipinski definition) is 2. The van der Waals surface area contributed by atoms with Crippen molar-refractivity contribution in [2.24, 2.45) is 0 Å². The average Bonchev–Trinajstić information content (AvgIpc) is 2.54. The van der Waals surface area contributed by atoms with Gasteiger partial charge in [0.05, 0.1) is 0 Å². The molecule has 1 aliphatic carbocycles. The van der Waals surface area contributed by atoms with E-state index in [1.807, 2.05) is 19.1 Å². The van der Waals surface area contributed by atoms with Crippen LogP contribution >= 0.6 is 0 Å². The molecule has 0 unspecified atom stereocenters. The van der Waals surface area contributed by atoms with Gasteiger partial charge in [0.25, 0.3) is 0 Å². The van der Waals surface area contributed by atoms with Crippen molar-refractivity contribution in [1.29, 1.82) is 0 Å². The van der Waals surface area contributed by atoms with E-state index in [1.165, 1.54) is 0 Å². The van der Waals surface area contributed by atoms with E-state index >= 15 is 0 Å². The van der Waals surface area contributed by atoms with Gasteiger partial charge in [-0.15, -0.1) is 0 Å². The quantitative estimate of drug-likeness (QED) is 0.392. The van der Waals surface area contributed by atoms with Gasteiger partial charge in [0.1, 0.15) is 5.60 Å². The third kappa shape index (κ3) is 2.47. The normalized spacial score (nSPS) is 19.9. The molecule has 0 atom stereocenters. The topological polar surface area (TPSA) is 26.3 Å². The van der Waals surface area contributed by atoms with Crippen molar-refractivity contribution in [3.8, 4) is 0 Å². The summed E-state index contributed by atoms with van der Waals surface area (Å²) in [6.45, 7) is 7.22. The minimum Gasteiger partial charge on any atom is -0.451 e. The summed E-state index contributed by atoms with van der Waals surface area (Å²) in [5, 5.41) is 0. The zero-order valence-corrected chi connectivity index (χ0v) is 9.01. The van der Waals surface area contributed by atoms with Crippen molar-refractivity contribution in [3.05, 3.63) is 24.3 Å². The fraction of sp³-hybridized carbons (Fsp3) is 0.583. The van der Waals surface area contributed by atoms with E-state index in [2.05, 4.69) is 6.58 Å². The summed E-state index contributed by atoms with van der Waals surface area (Å²) in [5.41, 5.74) is 0.130. The Balaban J connectivity index is 2.69. The minimum atomic E-state index is -0.342. The maximum atomic E-state index is 11.4. The van der Waals surface area contributed by atoms with Gasteiger partial charge in [-0.2, -0.15) is 0 Å². The molecular formula is C12H18O2. The molecule has 78 valence electrons. The number of carbonyl (C=O) groups is 1. The van der Waals surface area contributed by atoms with E-state index in [-0.39, 0.29) is 11.6 Å². The molecule has 1 rings (SSSR count). The Bertz CT molecular complexity index is 257. The van der Waals surface area contributed by atoms with Crippen LogP contribution in [0, 0.1) is 0 Å². The second kappa shape index (κ2) is 4.45. The minimum absolute atomic E-state index is 0.273. The van der Waals surface area contributed by atoms with Crippen LogP contribution in [0.1, 0.15) is 39.5 Å². The predicted molar refractivity (Wildman–Crippen MR) is 56.9 cm³/mol. The van der Waals surface area contributed by atoms with Crippen molar-refractivity contribution in [2.75, 3.05) is 0 Å². The van der Waals surface area contributed by atoms with E-state index in [1.54, 1.807) is 6.92 Å². The van der Waals surface area contributed by atoms with Gasteiger partial charge in [-0.3, -0.25) is 0 Å². The fourth-order valence-corrected chi connectivity index (χ4v) is 1.85. The van der Waals surface area contributed by atoms with E-state index in [9.17, 15) is 4.79 Å². The largest absolute Gasteiger partial charge is 0.451 e. The molecule has 0 aromatic rings. The van der Waals surface area contributed by atoms with Crippen molar-refractivity contribution >= 4 is 5.97 Å². The van der Waals surface area contributed by atoms with Crippen molar-refractivity contribution in [2.45, 2.75) is 45.1 Å². The molecule has 1 fully saturated rings. The zero-order chi connectivity index (χ0) is 10.6. The number of esters is 1. The van der Waals surface area contributed by atoms with Crippen LogP contribution in [0.4, 0.5) is 0 Å². The molecule has 0 saturated heterocycles. The van der Waals surface area contributed by atoms with Gasteiger partial charge in [0, 0.05) is 5.57 Å². The van der Waals surface area contributed by atoms with Gasteiger partial charge in [0.15, 0.2) is 0 Å². The van der Waals surface area contributed by atoms with Crippen molar-refractivity contribution in [3.63, 3.8) is 0 Å². The monoisotopic (exact) mass is 194 g/mol. The summed E-state index contributed by atoms with van der Waals surface area (Å²) in [6.07, 6.45) is 8.10. The molecular weight excluding hydrogens is 176 g/mol. The highest BCUT2D eigenvalue weighted by molar-refractivity contribution is 5.87. The molecule has 0 spiro atoms. The maximum absolute atomic E-state index is 11.4. The Labute approximate surface area is 85.6 Å². The summed E-state index contributed by atoms with van der Waals surface area (Å²) in [6, 6.07) is 0. The molecule has 0 radical (unpaired) electrons. The Morgan fingerprint density at radius 3 is 2.43 bits per heavy atom. The van der Waals surface area contributed by atoms with E-state index in [4.69, 9.17) is 4.74 Å². The first-order valence-electron chi connectivity index (χ1n) is 5.12. The van der Waals surface area contributed by atoms with Crippen LogP contribution in [0.25, 0.3) is 0 Å². The SMILES string of the molecule is C=C(C)C(=O)OC1(/C=C/C)CCCC1. The second-order valence-corrected chi connectivity index (χ2v) is 3.94. The van der Waals surface area contributed by atoms with Crippen LogP contribution in [0.15, 0.2) is 24.3 Å². The molecule has 0 aromatic carbocycles. The Morgan fingerprint density at radius 2 is 2.00 bits per heavy atom. The molecule has 0 heterocycles. The van der Waals surface area contributed by atoms with Gasteiger partial charge in [-0.25, -0.2) is 4.79 Å². The van der Waals surface area contributed by atoms with Crippen LogP contribution in [-0.2, 0) is 9.53 Å². The highest BCUT2D eigenvalue weighted by Gasteiger charge is 2.34. The third-order valence-corrected chi connectivity index (χ3v) is 2.56. The Kier molecular flexibility index (Phi) is 3.50. The standard InChI is InChI=1S/C12H18O2/c1-4-7-12(8-5-6-9-12)14-11(13)10(2)3/h4,7H,2,5-6,8-9H2,1,3H3/b7-4+. The highest BCUT2D eigenvalue weighted by Crippen LogP contribution is 2.35. The van der Waals surface area contributed by atoms with Crippen LogP contribution in [0.2, 0.25) is 0 Å². The van der Waals surface area contributed by atoms with Crippen LogP contribution in [0.3, 0.4) is 0 Å². The van der Waals surface area contributed by atoms with E-state index < -0.39 is 0 Å². The van der Waals surface area contributed by atoms with E-state index in [0.29, 0.717) is 5.57 Å². The highest BCUT2D eigenvalue weighted by atomic mass is 16.6. The number of carbonyl (C=O) groups excluding carboxylic acids is 1. The van der Waals surface area contributed by atoms with Gasteiger partial charge in [0.2, 0.25) is 0 Å². The summed E-state index contributed by atoms with van der Waals surface area (Å²) in [5.74, 6) is -0.273. The van der Waals surface area contributed by atoms with E-state index in [0.717, 1.165) is 25.7 Å². The fourth-order valence-electron chi connectivity index (χ4n) is 1.85. The maximum Gasteiger partial charge on any atom is 0.333 e. The number of rotatable bonds is 3. The summed E-state index contributed by atoms with van der Waals surface area (Å²) in [7, 11) is 0. The van der Waals surface area contributed by atoms with Crippen molar-refractivity contribution in [1.82, 2.24) is 0 Å². The Hall–Kier alpha value is -1.05. The smallest absolute Gasteiger partial charge is 0.333 e.